The summed E-state index contributed by atoms with van der Waals surface area (Å²) in [6, 6.07) is 0. The topological polar surface area (TPSA) is 69.1 Å². The maximum Gasteiger partial charge on any atom is 0.222 e. The van der Waals surface area contributed by atoms with Crippen molar-refractivity contribution in [2.75, 3.05) is 18.1 Å². The van der Waals surface area contributed by atoms with Crippen LogP contribution >= 0.6 is 11.8 Å². The first-order valence-electron chi connectivity index (χ1n) is 2.68. The number of hydrogen-bond acceptors (Lipinski definition) is 3. The molecule has 53 valence electrons. The number of thioether (sulfide) groups is 1. The highest BCUT2D eigenvalue weighted by molar-refractivity contribution is 7.99. The molecule has 0 aliphatic carbocycles. The Hall–Kier alpha value is -0.220. The zero-order chi connectivity index (χ0) is 7.11. The van der Waals surface area contributed by atoms with Crippen LogP contribution in [0.4, 0.5) is 0 Å². The molecule has 0 aliphatic heterocycles. The molecule has 0 saturated heterocycles. The summed E-state index contributed by atoms with van der Waals surface area (Å²) in [5.41, 5.74) is 10.0. The smallest absolute Gasteiger partial charge is 0.222 e. The number of carbonyl (C=O) groups is 1. The third-order valence-corrected chi connectivity index (χ3v) is 1.59. The highest BCUT2D eigenvalue weighted by Crippen LogP contribution is 1.98. The van der Waals surface area contributed by atoms with Gasteiger partial charge in [-0.1, -0.05) is 0 Å². The monoisotopic (exact) mass is 147 g/mol. The van der Waals surface area contributed by atoms with Gasteiger partial charge in [0.15, 0.2) is 0 Å². The van der Waals surface area contributed by atoms with E-state index < -0.39 is 0 Å². The lowest BCUT2D eigenvalue weighted by Gasteiger charge is -1.93. The standard InChI is InChI=1S/C5H11N2OS/c6-2-4-9-3-1-5(7)8/h1H,2-4,6H2,(H2,7,8). The first-order chi connectivity index (χ1) is 4.27. The SMILES string of the molecule is NCCSC[CH]C(N)=O. The Morgan fingerprint density at radius 1 is 1.67 bits per heavy atom. The highest BCUT2D eigenvalue weighted by Gasteiger charge is 1.92. The van der Waals surface area contributed by atoms with Crippen LogP contribution < -0.4 is 11.5 Å². The maximum atomic E-state index is 10.1. The Balaban J connectivity index is 2.83. The molecule has 0 unspecified atom stereocenters. The molecule has 4 N–H and O–H groups in total. The Morgan fingerprint density at radius 2 is 2.33 bits per heavy atom. The molecule has 0 atom stereocenters. The first-order valence-corrected chi connectivity index (χ1v) is 3.83. The van der Waals surface area contributed by atoms with Crippen LogP contribution in [0.15, 0.2) is 0 Å². The van der Waals surface area contributed by atoms with Gasteiger partial charge in [-0.15, -0.1) is 0 Å². The molecule has 0 bridgehead atoms. The van der Waals surface area contributed by atoms with Crippen LogP contribution in [0.25, 0.3) is 0 Å². The van der Waals surface area contributed by atoms with Gasteiger partial charge in [-0.05, 0) is 0 Å². The molecule has 0 aromatic heterocycles. The van der Waals surface area contributed by atoms with Crippen LogP contribution in [0.2, 0.25) is 0 Å². The van der Waals surface area contributed by atoms with E-state index in [1.54, 1.807) is 11.8 Å². The van der Waals surface area contributed by atoms with E-state index in [2.05, 4.69) is 0 Å². The quantitative estimate of drug-likeness (QED) is 0.509. The second-order valence-corrected chi connectivity index (χ2v) is 2.62. The molecule has 3 nitrogen and oxygen atoms in total. The molecular weight excluding hydrogens is 136 g/mol. The van der Waals surface area contributed by atoms with Gasteiger partial charge in [-0.3, -0.25) is 4.79 Å². The van der Waals surface area contributed by atoms with Gasteiger partial charge in [-0.25, -0.2) is 0 Å². The second-order valence-electron chi connectivity index (χ2n) is 1.47. The Bertz CT molecular complexity index is 87.0. The van der Waals surface area contributed by atoms with Crippen LogP contribution in [-0.4, -0.2) is 24.0 Å². The molecule has 1 radical (unpaired) electrons. The zero-order valence-corrected chi connectivity index (χ0v) is 5.99. The van der Waals surface area contributed by atoms with E-state index in [4.69, 9.17) is 11.5 Å². The summed E-state index contributed by atoms with van der Waals surface area (Å²) in [6.45, 7) is 0.650. The summed E-state index contributed by atoms with van der Waals surface area (Å²) < 4.78 is 0. The maximum absolute atomic E-state index is 10.1. The van der Waals surface area contributed by atoms with Crippen molar-refractivity contribution in [2.45, 2.75) is 0 Å². The van der Waals surface area contributed by atoms with Gasteiger partial charge in [0.05, 0.1) is 6.42 Å². The Labute approximate surface area is 59.2 Å². The lowest BCUT2D eigenvalue weighted by atomic mass is 10.5. The average Bonchev–Trinajstić information content (AvgIpc) is 1.80. The van der Waals surface area contributed by atoms with Crippen LogP contribution in [-0.2, 0) is 4.79 Å². The molecule has 0 aromatic carbocycles. The Morgan fingerprint density at radius 3 is 2.78 bits per heavy atom. The van der Waals surface area contributed by atoms with Gasteiger partial charge in [0.2, 0.25) is 5.91 Å². The summed E-state index contributed by atoms with van der Waals surface area (Å²) in [6.07, 6.45) is 1.44. The van der Waals surface area contributed by atoms with Crippen LogP contribution in [0.1, 0.15) is 0 Å². The normalized spacial score (nSPS) is 9.44. The fourth-order valence-corrected chi connectivity index (χ4v) is 0.923. The van der Waals surface area contributed by atoms with E-state index in [1.165, 1.54) is 6.42 Å². The largest absolute Gasteiger partial charge is 0.369 e. The van der Waals surface area contributed by atoms with Crippen molar-refractivity contribution in [1.82, 2.24) is 0 Å². The molecule has 0 heterocycles. The Kier molecular flexibility index (Phi) is 5.76. The van der Waals surface area contributed by atoms with Crippen molar-refractivity contribution in [3.05, 3.63) is 6.42 Å². The van der Waals surface area contributed by atoms with E-state index in [0.717, 1.165) is 5.75 Å². The zero-order valence-electron chi connectivity index (χ0n) is 5.17. The van der Waals surface area contributed by atoms with E-state index in [1.807, 2.05) is 0 Å². The van der Waals surface area contributed by atoms with Gasteiger partial charge in [-0.2, -0.15) is 11.8 Å². The van der Waals surface area contributed by atoms with Crippen molar-refractivity contribution in [2.24, 2.45) is 11.5 Å². The summed E-state index contributed by atoms with van der Waals surface area (Å²) in [5, 5.41) is 0. The first kappa shape index (κ1) is 8.78. The summed E-state index contributed by atoms with van der Waals surface area (Å²) in [7, 11) is 0. The molecule has 1 amide bonds. The lowest BCUT2D eigenvalue weighted by Crippen LogP contribution is -2.12. The van der Waals surface area contributed by atoms with Gasteiger partial charge in [0.1, 0.15) is 0 Å². The fourth-order valence-electron chi connectivity index (χ4n) is 0.308. The number of carbonyl (C=O) groups excluding carboxylic acids is 1. The number of rotatable bonds is 5. The van der Waals surface area contributed by atoms with Crippen molar-refractivity contribution in [1.29, 1.82) is 0 Å². The predicted octanol–water partition coefficient (Wildman–Crippen LogP) is -0.632. The third-order valence-electron chi connectivity index (χ3n) is 0.665. The van der Waals surface area contributed by atoms with Gasteiger partial charge in [0, 0.05) is 18.1 Å². The summed E-state index contributed by atoms with van der Waals surface area (Å²) >= 11 is 1.60. The van der Waals surface area contributed by atoms with Crippen molar-refractivity contribution < 1.29 is 4.79 Å². The molecule has 0 aliphatic rings. The number of primary amides is 1. The van der Waals surface area contributed by atoms with Gasteiger partial charge in [0.25, 0.3) is 0 Å². The van der Waals surface area contributed by atoms with Gasteiger partial charge >= 0.3 is 0 Å². The van der Waals surface area contributed by atoms with E-state index >= 15 is 0 Å². The predicted molar refractivity (Wildman–Crippen MR) is 39.9 cm³/mol. The second kappa shape index (κ2) is 5.91. The molecule has 0 saturated carbocycles. The van der Waals surface area contributed by atoms with E-state index in [0.29, 0.717) is 12.3 Å². The van der Waals surface area contributed by atoms with Crippen molar-refractivity contribution in [3.63, 3.8) is 0 Å². The minimum atomic E-state index is -0.362. The molecular formula is C5H11N2OS. The molecule has 0 rings (SSSR count). The minimum Gasteiger partial charge on any atom is -0.369 e. The lowest BCUT2D eigenvalue weighted by molar-refractivity contribution is -0.114. The van der Waals surface area contributed by atoms with Crippen molar-refractivity contribution in [3.8, 4) is 0 Å². The van der Waals surface area contributed by atoms with Crippen LogP contribution in [0.3, 0.4) is 0 Å². The number of amides is 1. The third kappa shape index (κ3) is 7.78. The molecule has 9 heavy (non-hydrogen) atoms. The molecule has 4 heteroatoms. The molecule has 0 fully saturated rings. The highest BCUT2D eigenvalue weighted by atomic mass is 32.2. The summed E-state index contributed by atoms with van der Waals surface area (Å²) in [4.78, 5) is 10.1. The molecule has 0 aromatic rings. The number of hydrogen-bond donors (Lipinski definition) is 2. The minimum absolute atomic E-state index is 0.362. The average molecular weight is 147 g/mol. The van der Waals surface area contributed by atoms with Crippen LogP contribution in [0, 0.1) is 6.42 Å². The van der Waals surface area contributed by atoms with Gasteiger partial charge < -0.3 is 11.5 Å². The van der Waals surface area contributed by atoms with Crippen LogP contribution in [0.5, 0.6) is 0 Å². The van der Waals surface area contributed by atoms with E-state index in [-0.39, 0.29) is 5.91 Å². The summed E-state index contributed by atoms with van der Waals surface area (Å²) in [5.74, 6) is 1.19. The van der Waals surface area contributed by atoms with Crippen molar-refractivity contribution >= 4 is 17.7 Å². The van der Waals surface area contributed by atoms with E-state index in [9.17, 15) is 4.79 Å². The number of nitrogens with two attached hydrogens (primary N) is 2. The fraction of sp³-hybridized carbons (Fsp3) is 0.600. The molecule has 0 spiro atoms.